The fourth-order valence-corrected chi connectivity index (χ4v) is 5.68. The number of nitrogens with zero attached hydrogens (tertiary/aromatic N) is 3. The summed E-state index contributed by atoms with van der Waals surface area (Å²) in [4.78, 5) is 0. The first-order chi connectivity index (χ1) is 9.67. The highest BCUT2D eigenvalue weighted by Crippen LogP contribution is 2.61. The van der Waals surface area contributed by atoms with Crippen LogP contribution in [0.3, 0.4) is 0 Å². The molecule has 0 aromatic carbocycles. The summed E-state index contributed by atoms with van der Waals surface area (Å²) in [7, 11) is 1.99. The normalized spacial score (nSPS) is 38.4. The van der Waals surface area contributed by atoms with E-state index in [2.05, 4.69) is 15.6 Å². The van der Waals surface area contributed by atoms with Gasteiger partial charge in [-0.15, -0.1) is 10.2 Å². The molecule has 4 bridgehead atoms. The van der Waals surface area contributed by atoms with Crippen LogP contribution < -0.4 is 11.3 Å². The van der Waals surface area contributed by atoms with Gasteiger partial charge in [0.15, 0.2) is 0 Å². The van der Waals surface area contributed by atoms with Crippen molar-refractivity contribution in [2.45, 2.75) is 51.4 Å². The number of rotatable bonds is 4. The maximum Gasteiger partial charge on any atom is 0.238 e. The van der Waals surface area contributed by atoms with E-state index in [1.807, 2.05) is 11.6 Å². The van der Waals surface area contributed by atoms with Gasteiger partial charge >= 0.3 is 0 Å². The fraction of sp³-hybridized carbons (Fsp3) is 0.867. The molecule has 0 aliphatic heterocycles. The van der Waals surface area contributed by atoms with Crippen LogP contribution in [-0.2, 0) is 13.5 Å². The van der Waals surface area contributed by atoms with Gasteiger partial charge in [0.05, 0.1) is 0 Å². The second kappa shape index (κ2) is 4.45. The van der Waals surface area contributed by atoms with Crippen molar-refractivity contribution >= 4 is 5.95 Å². The molecule has 4 aliphatic carbocycles. The highest BCUT2D eigenvalue weighted by Gasteiger charge is 2.50. The van der Waals surface area contributed by atoms with E-state index in [-0.39, 0.29) is 0 Å². The van der Waals surface area contributed by atoms with Gasteiger partial charge in [-0.25, -0.2) is 5.84 Å². The highest BCUT2D eigenvalue weighted by molar-refractivity contribution is 5.22. The summed E-state index contributed by atoms with van der Waals surface area (Å²) in [5.41, 5.74) is 3.22. The van der Waals surface area contributed by atoms with Crippen molar-refractivity contribution in [2.75, 3.05) is 5.43 Å². The zero-order valence-corrected chi connectivity index (χ0v) is 12.3. The van der Waals surface area contributed by atoms with Gasteiger partial charge in [-0.3, -0.25) is 9.99 Å². The van der Waals surface area contributed by atoms with Crippen molar-refractivity contribution in [1.82, 2.24) is 14.8 Å². The van der Waals surface area contributed by atoms with Crippen molar-refractivity contribution in [2.24, 2.45) is 36.1 Å². The Hall–Kier alpha value is -1.10. The monoisotopic (exact) mass is 275 g/mol. The first kappa shape index (κ1) is 12.6. The van der Waals surface area contributed by atoms with E-state index in [0.29, 0.717) is 11.4 Å². The van der Waals surface area contributed by atoms with Crippen LogP contribution in [0.15, 0.2) is 0 Å². The third-order valence-corrected chi connectivity index (χ3v) is 6.14. The Bertz CT molecular complexity index is 471. The van der Waals surface area contributed by atoms with Crippen molar-refractivity contribution in [1.29, 1.82) is 0 Å². The summed E-state index contributed by atoms with van der Waals surface area (Å²) in [6, 6.07) is 0. The SMILES string of the molecule is Cn1c(CCC23CC4CC(CC(C4)C2)C3)nnc1NN. The number of hydrazine groups is 1. The Balaban J connectivity index is 1.47. The lowest BCUT2D eigenvalue weighted by Crippen LogP contribution is -2.46. The van der Waals surface area contributed by atoms with E-state index >= 15 is 0 Å². The number of aromatic nitrogens is 3. The maximum atomic E-state index is 5.43. The molecule has 0 spiro atoms. The van der Waals surface area contributed by atoms with Gasteiger partial charge in [-0.05, 0) is 68.1 Å². The number of nitrogens with one attached hydrogen (secondary N) is 1. The molecular weight excluding hydrogens is 250 g/mol. The lowest BCUT2D eigenvalue weighted by Gasteiger charge is -2.57. The minimum Gasteiger partial charge on any atom is -0.300 e. The number of nitrogen functional groups attached to an aromatic ring is 1. The van der Waals surface area contributed by atoms with Crippen LogP contribution in [0.1, 0.15) is 50.8 Å². The number of nitrogens with two attached hydrogens (primary N) is 1. The molecule has 4 saturated carbocycles. The van der Waals surface area contributed by atoms with Crippen LogP contribution in [0.5, 0.6) is 0 Å². The summed E-state index contributed by atoms with van der Waals surface area (Å²) in [6.45, 7) is 0. The molecule has 3 N–H and O–H groups in total. The lowest BCUT2D eigenvalue weighted by molar-refractivity contribution is -0.0572. The Morgan fingerprint density at radius 3 is 2.25 bits per heavy atom. The van der Waals surface area contributed by atoms with Gasteiger partial charge in [0.2, 0.25) is 5.95 Å². The van der Waals surface area contributed by atoms with Crippen molar-refractivity contribution in [3.8, 4) is 0 Å². The summed E-state index contributed by atoms with van der Waals surface area (Å²) >= 11 is 0. The lowest BCUT2D eigenvalue weighted by atomic mass is 9.48. The highest BCUT2D eigenvalue weighted by atomic mass is 15.4. The molecule has 0 radical (unpaired) electrons. The Kier molecular flexibility index (Phi) is 2.81. The van der Waals surface area contributed by atoms with Gasteiger partial charge in [0.25, 0.3) is 0 Å². The van der Waals surface area contributed by atoms with Gasteiger partial charge < -0.3 is 0 Å². The molecule has 20 heavy (non-hydrogen) atoms. The van der Waals surface area contributed by atoms with Crippen LogP contribution in [0.25, 0.3) is 0 Å². The third-order valence-electron chi connectivity index (χ3n) is 6.14. The third kappa shape index (κ3) is 1.94. The molecule has 0 unspecified atom stereocenters. The Morgan fingerprint density at radius 2 is 1.75 bits per heavy atom. The summed E-state index contributed by atoms with van der Waals surface area (Å²) in [5, 5.41) is 8.35. The molecule has 1 aromatic heterocycles. The van der Waals surface area contributed by atoms with E-state index in [1.165, 1.54) is 44.9 Å². The van der Waals surface area contributed by atoms with Crippen LogP contribution in [0.2, 0.25) is 0 Å². The molecule has 4 aliphatic rings. The molecule has 1 heterocycles. The minimum atomic E-state index is 0.622. The zero-order valence-electron chi connectivity index (χ0n) is 12.3. The number of aryl methyl sites for hydroxylation is 1. The van der Waals surface area contributed by atoms with Crippen molar-refractivity contribution in [3.63, 3.8) is 0 Å². The Labute approximate surface area is 120 Å². The number of hydrogen-bond donors (Lipinski definition) is 2. The summed E-state index contributed by atoms with van der Waals surface area (Å²) in [5.74, 6) is 10.2. The largest absolute Gasteiger partial charge is 0.300 e. The zero-order chi connectivity index (χ0) is 13.7. The second-order valence-electron chi connectivity index (χ2n) is 7.56. The van der Waals surface area contributed by atoms with E-state index < -0.39 is 0 Å². The molecule has 110 valence electrons. The van der Waals surface area contributed by atoms with Crippen LogP contribution in [0.4, 0.5) is 5.95 Å². The van der Waals surface area contributed by atoms with Gasteiger partial charge in [0.1, 0.15) is 5.82 Å². The molecular formula is C15H25N5. The predicted molar refractivity (Wildman–Crippen MR) is 77.7 cm³/mol. The van der Waals surface area contributed by atoms with Crippen LogP contribution >= 0.6 is 0 Å². The Morgan fingerprint density at radius 1 is 1.15 bits per heavy atom. The second-order valence-corrected chi connectivity index (χ2v) is 7.56. The van der Waals surface area contributed by atoms with E-state index in [1.54, 1.807) is 0 Å². The average molecular weight is 275 g/mol. The van der Waals surface area contributed by atoms with E-state index in [4.69, 9.17) is 5.84 Å². The molecule has 5 rings (SSSR count). The molecule has 0 saturated heterocycles. The van der Waals surface area contributed by atoms with Crippen molar-refractivity contribution < 1.29 is 0 Å². The van der Waals surface area contributed by atoms with Crippen LogP contribution in [0, 0.1) is 23.2 Å². The molecule has 5 heteroatoms. The average Bonchev–Trinajstić information content (AvgIpc) is 2.75. The van der Waals surface area contributed by atoms with Crippen LogP contribution in [-0.4, -0.2) is 14.8 Å². The fourth-order valence-electron chi connectivity index (χ4n) is 5.68. The molecule has 0 atom stereocenters. The molecule has 4 fully saturated rings. The van der Waals surface area contributed by atoms with E-state index in [9.17, 15) is 0 Å². The molecule has 5 nitrogen and oxygen atoms in total. The summed E-state index contributed by atoms with van der Waals surface area (Å²) in [6.07, 6.45) is 11.3. The maximum absolute atomic E-state index is 5.43. The first-order valence-corrected chi connectivity index (χ1v) is 8.02. The number of hydrogen-bond acceptors (Lipinski definition) is 4. The van der Waals surface area contributed by atoms with Gasteiger partial charge in [-0.1, -0.05) is 0 Å². The van der Waals surface area contributed by atoms with Gasteiger partial charge in [-0.2, -0.15) is 0 Å². The molecule has 1 aromatic rings. The van der Waals surface area contributed by atoms with Crippen molar-refractivity contribution in [3.05, 3.63) is 5.82 Å². The quantitative estimate of drug-likeness (QED) is 0.653. The molecule has 0 amide bonds. The smallest absolute Gasteiger partial charge is 0.238 e. The van der Waals surface area contributed by atoms with E-state index in [0.717, 1.165) is 30.0 Å². The first-order valence-electron chi connectivity index (χ1n) is 8.02. The number of anilines is 1. The topological polar surface area (TPSA) is 68.8 Å². The minimum absolute atomic E-state index is 0.622. The van der Waals surface area contributed by atoms with Gasteiger partial charge in [0, 0.05) is 13.5 Å². The standard InChI is InChI=1S/C15H25N5/c1-20-13(18-19-14(20)17-16)2-3-15-7-10-4-11(8-15)6-12(5-10)9-15/h10-12H,2-9,16H2,1H3,(H,17,19). The predicted octanol–water partition coefficient (Wildman–Crippen LogP) is 2.25. The summed E-state index contributed by atoms with van der Waals surface area (Å²) < 4.78 is 1.99.